The number of rotatable bonds is 2. The fourth-order valence-electron chi connectivity index (χ4n) is 1.82. The van der Waals surface area contributed by atoms with Crippen molar-refractivity contribution in [2.45, 2.75) is 18.9 Å². The minimum Gasteiger partial charge on any atom is -0.384 e. The van der Waals surface area contributed by atoms with Crippen molar-refractivity contribution >= 4 is 11.6 Å². The molecule has 0 aliphatic carbocycles. The van der Waals surface area contributed by atoms with Gasteiger partial charge in [-0.3, -0.25) is 4.79 Å². The van der Waals surface area contributed by atoms with Gasteiger partial charge in [-0.15, -0.1) is 0 Å². The number of ether oxygens (including phenoxy) is 1. The van der Waals surface area contributed by atoms with E-state index in [2.05, 4.69) is 17.2 Å². The summed E-state index contributed by atoms with van der Waals surface area (Å²) in [7, 11) is 0. The Morgan fingerprint density at radius 1 is 1.56 bits per heavy atom. The maximum atomic E-state index is 11.8. The highest BCUT2D eigenvalue weighted by atomic mass is 16.5. The molecule has 0 bridgehead atoms. The normalized spacial score (nSPS) is 17.9. The van der Waals surface area contributed by atoms with Gasteiger partial charge >= 0.3 is 0 Å². The van der Waals surface area contributed by atoms with E-state index >= 15 is 0 Å². The van der Waals surface area contributed by atoms with Gasteiger partial charge in [0, 0.05) is 17.9 Å². The fraction of sp³-hybridized carbons (Fsp3) is 0.357. The van der Waals surface area contributed by atoms with Gasteiger partial charge in [0.25, 0.3) is 5.91 Å². The number of nitrogens with one attached hydrogen (secondary N) is 1. The van der Waals surface area contributed by atoms with Crippen molar-refractivity contribution in [3.8, 4) is 11.8 Å². The molecule has 4 heteroatoms. The molecule has 2 N–H and O–H groups in total. The second kappa shape index (κ2) is 6.20. The van der Waals surface area contributed by atoms with Crippen molar-refractivity contribution < 1.29 is 14.6 Å². The van der Waals surface area contributed by atoms with Crippen LogP contribution in [0.3, 0.4) is 0 Å². The van der Waals surface area contributed by atoms with Crippen molar-refractivity contribution in [1.29, 1.82) is 0 Å². The van der Waals surface area contributed by atoms with Crippen LogP contribution in [0, 0.1) is 11.8 Å². The maximum absolute atomic E-state index is 11.8. The fourth-order valence-corrected chi connectivity index (χ4v) is 1.82. The first-order valence-corrected chi connectivity index (χ1v) is 5.92. The zero-order valence-corrected chi connectivity index (χ0v) is 9.98. The molecule has 1 aliphatic rings. The summed E-state index contributed by atoms with van der Waals surface area (Å²) in [6.07, 6.45) is 1.37. The van der Waals surface area contributed by atoms with E-state index < -0.39 is 0 Å². The Kier molecular flexibility index (Phi) is 4.35. The third-order valence-corrected chi connectivity index (χ3v) is 2.66. The first-order chi connectivity index (χ1) is 8.79. The lowest BCUT2D eigenvalue weighted by molar-refractivity contribution is -0.124. The molecule has 1 heterocycles. The van der Waals surface area contributed by atoms with Crippen molar-refractivity contribution in [1.82, 2.24) is 0 Å². The number of benzene rings is 1. The number of aliphatic hydroxyl groups is 1. The van der Waals surface area contributed by atoms with Crippen LogP contribution in [0.2, 0.25) is 0 Å². The Morgan fingerprint density at radius 3 is 3.17 bits per heavy atom. The van der Waals surface area contributed by atoms with E-state index in [0.717, 1.165) is 18.4 Å². The van der Waals surface area contributed by atoms with Crippen LogP contribution < -0.4 is 5.32 Å². The molecule has 1 unspecified atom stereocenters. The van der Waals surface area contributed by atoms with E-state index in [-0.39, 0.29) is 18.6 Å². The third kappa shape index (κ3) is 3.33. The van der Waals surface area contributed by atoms with E-state index in [1.54, 1.807) is 12.1 Å². The largest absolute Gasteiger partial charge is 0.384 e. The minimum absolute atomic E-state index is 0.111. The van der Waals surface area contributed by atoms with Gasteiger partial charge in [-0.05, 0) is 31.0 Å². The molecule has 1 atom stereocenters. The van der Waals surface area contributed by atoms with Gasteiger partial charge < -0.3 is 15.2 Å². The lowest BCUT2D eigenvalue weighted by Crippen LogP contribution is -2.26. The summed E-state index contributed by atoms with van der Waals surface area (Å²) in [4.78, 5) is 11.8. The van der Waals surface area contributed by atoms with E-state index in [9.17, 15) is 4.79 Å². The first-order valence-electron chi connectivity index (χ1n) is 5.92. The van der Waals surface area contributed by atoms with E-state index in [4.69, 9.17) is 9.84 Å². The van der Waals surface area contributed by atoms with Crippen molar-refractivity contribution in [2.24, 2.45) is 0 Å². The lowest BCUT2D eigenvalue weighted by atomic mass is 10.2. The van der Waals surface area contributed by atoms with Gasteiger partial charge in [-0.2, -0.15) is 0 Å². The Balaban J connectivity index is 2.02. The molecule has 94 valence electrons. The summed E-state index contributed by atoms with van der Waals surface area (Å²) in [5, 5.41) is 11.4. The smallest absolute Gasteiger partial charge is 0.253 e. The number of hydrogen-bond acceptors (Lipinski definition) is 3. The van der Waals surface area contributed by atoms with Gasteiger partial charge in [0.1, 0.15) is 12.7 Å². The van der Waals surface area contributed by atoms with Crippen LogP contribution in [0.5, 0.6) is 0 Å². The van der Waals surface area contributed by atoms with Crippen molar-refractivity contribution in [2.75, 3.05) is 18.5 Å². The van der Waals surface area contributed by atoms with Crippen molar-refractivity contribution in [3.63, 3.8) is 0 Å². The minimum atomic E-state index is -0.336. The Hall–Kier alpha value is -1.83. The highest BCUT2D eigenvalue weighted by molar-refractivity contribution is 5.94. The average molecular weight is 245 g/mol. The van der Waals surface area contributed by atoms with Gasteiger partial charge in [-0.25, -0.2) is 0 Å². The summed E-state index contributed by atoms with van der Waals surface area (Å²) in [6.45, 7) is 0.479. The second-order valence-corrected chi connectivity index (χ2v) is 4.03. The Labute approximate surface area is 106 Å². The number of anilines is 1. The molecule has 1 aromatic carbocycles. The summed E-state index contributed by atoms with van der Waals surface area (Å²) in [5.41, 5.74) is 1.45. The topological polar surface area (TPSA) is 58.6 Å². The molecular formula is C14H15NO3. The van der Waals surface area contributed by atoms with Crippen LogP contribution in [0.1, 0.15) is 18.4 Å². The number of aliphatic hydroxyl groups excluding tert-OH is 1. The molecular weight excluding hydrogens is 230 g/mol. The van der Waals surface area contributed by atoms with Crippen molar-refractivity contribution in [3.05, 3.63) is 29.8 Å². The lowest BCUT2D eigenvalue weighted by Gasteiger charge is -2.10. The second-order valence-electron chi connectivity index (χ2n) is 4.03. The predicted molar refractivity (Wildman–Crippen MR) is 68.0 cm³/mol. The molecule has 2 rings (SSSR count). The summed E-state index contributed by atoms with van der Waals surface area (Å²) < 4.78 is 5.31. The molecule has 0 radical (unpaired) electrons. The Bertz CT molecular complexity index is 481. The summed E-state index contributed by atoms with van der Waals surface area (Å²) in [5.74, 6) is 5.25. The molecule has 0 spiro atoms. The highest BCUT2D eigenvalue weighted by Gasteiger charge is 2.23. The van der Waals surface area contributed by atoms with Crippen LogP contribution in [-0.2, 0) is 9.53 Å². The van der Waals surface area contributed by atoms with Gasteiger partial charge in [0.15, 0.2) is 0 Å². The quantitative estimate of drug-likeness (QED) is 0.768. The molecule has 1 saturated heterocycles. The monoisotopic (exact) mass is 245 g/mol. The molecule has 0 saturated carbocycles. The number of amides is 1. The standard InChI is InChI=1S/C14H15NO3/c16-8-2-5-11-4-1-6-12(10-11)15-14(17)13-7-3-9-18-13/h1,4,6,10,13,16H,3,7-9H2,(H,15,17). The van der Waals surface area contributed by atoms with E-state index in [0.29, 0.717) is 12.3 Å². The third-order valence-electron chi connectivity index (χ3n) is 2.66. The molecule has 1 aromatic rings. The summed E-state index contributed by atoms with van der Waals surface area (Å²) >= 11 is 0. The molecule has 1 amide bonds. The van der Waals surface area contributed by atoms with Crippen LogP contribution in [-0.4, -0.2) is 30.3 Å². The summed E-state index contributed by atoms with van der Waals surface area (Å²) in [6, 6.07) is 7.21. The van der Waals surface area contributed by atoms with Gasteiger partial charge in [0.05, 0.1) is 0 Å². The first kappa shape index (κ1) is 12.6. The average Bonchev–Trinajstić information content (AvgIpc) is 2.91. The maximum Gasteiger partial charge on any atom is 0.253 e. The highest BCUT2D eigenvalue weighted by Crippen LogP contribution is 2.15. The Morgan fingerprint density at radius 2 is 2.44 bits per heavy atom. The molecule has 4 nitrogen and oxygen atoms in total. The number of carbonyl (C=O) groups excluding carboxylic acids is 1. The zero-order valence-electron chi connectivity index (χ0n) is 9.98. The van der Waals surface area contributed by atoms with Crippen LogP contribution in [0.4, 0.5) is 5.69 Å². The molecule has 0 aromatic heterocycles. The molecule has 1 aliphatic heterocycles. The molecule has 1 fully saturated rings. The van der Waals surface area contributed by atoms with Gasteiger partial charge in [0.2, 0.25) is 0 Å². The zero-order chi connectivity index (χ0) is 12.8. The van der Waals surface area contributed by atoms with E-state index in [1.165, 1.54) is 0 Å². The van der Waals surface area contributed by atoms with Crippen LogP contribution in [0.25, 0.3) is 0 Å². The van der Waals surface area contributed by atoms with Crippen LogP contribution >= 0.6 is 0 Å². The van der Waals surface area contributed by atoms with E-state index in [1.807, 2.05) is 12.1 Å². The van der Waals surface area contributed by atoms with Crippen LogP contribution in [0.15, 0.2) is 24.3 Å². The predicted octanol–water partition coefficient (Wildman–Crippen LogP) is 1.15. The number of hydrogen-bond donors (Lipinski definition) is 2. The molecule has 18 heavy (non-hydrogen) atoms. The van der Waals surface area contributed by atoms with Gasteiger partial charge in [-0.1, -0.05) is 17.9 Å². The SMILES string of the molecule is O=C(Nc1cccc(C#CCO)c1)C1CCCO1. The number of carbonyl (C=O) groups is 1.